The first-order valence-electron chi connectivity index (χ1n) is 6.79. The summed E-state index contributed by atoms with van der Waals surface area (Å²) >= 11 is 13.4. The van der Waals surface area contributed by atoms with E-state index in [4.69, 9.17) is 23.2 Å². The van der Waals surface area contributed by atoms with Gasteiger partial charge in [-0.3, -0.25) is 0 Å². The van der Waals surface area contributed by atoms with Crippen molar-refractivity contribution in [2.75, 3.05) is 0 Å². The molecule has 0 aromatic heterocycles. The van der Waals surface area contributed by atoms with E-state index < -0.39 is 4.33 Å². The van der Waals surface area contributed by atoms with E-state index in [0.29, 0.717) is 0 Å². The Kier molecular flexibility index (Phi) is 1.72. The SMILES string of the molecule is CC1(C)C(Cl)(Cl)C12C1CC3CC(C1)CC2C3. The number of hydrogen-bond donors (Lipinski definition) is 0. The van der Waals surface area contributed by atoms with Crippen LogP contribution >= 0.6 is 23.2 Å². The second-order valence-electron chi connectivity index (χ2n) is 7.37. The molecule has 5 rings (SSSR count). The van der Waals surface area contributed by atoms with Crippen molar-refractivity contribution in [1.82, 2.24) is 0 Å². The third kappa shape index (κ3) is 0.811. The van der Waals surface area contributed by atoms with Gasteiger partial charge in [0.15, 0.2) is 0 Å². The summed E-state index contributed by atoms with van der Waals surface area (Å²) in [6.45, 7) is 4.60. The maximum Gasteiger partial charge on any atom is 0.130 e. The van der Waals surface area contributed by atoms with Crippen molar-refractivity contribution in [3.63, 3.8) is 0 Å². The van der Waals surface area contributed by atoms with Gasteiger partial charge in [-0.15, -0.1) is 23.2 Å². The lowest BCUT2D eigenvalue weighted by atomic mass is 9.48. The Hall–Kier alpha value is 0.580. The molecule has 0 N–H and O–H groups in total. The third-order valence-electron chi connectivity index (χ3n) is 6.70. The Morgan fingerprint density at radius 3 is 1.50 bits per heavy atom. The van der Waals surface area contributed by atoms with Gasteiger partial charge in [-0.2, -0.15) is 0 Å². The fraction of sp³-hybridized carbons (Fsp3) is 1.00. The number of hydrogen-bond acceptors (Lipinski definition) is 0. The summed E-state index contributed by atoms with van der Waals surface area (Å²) in [5.41, 5.74) is 0.419. The van der Waals surface area contributed by atoms with Crippen LogP contribution in [0.15, 0.2) is 0 Å². The molecule has 5 fully saturated rings. The summed E-state index contributed by atoms with van der Waals surface area (Å²) in [7, 11) is 0. The Morgan fingerprint density at radius 2 is 1.19 bits per heavy atom. The van der Waals surface area contributed by atoms with Gasteiger partial charge in [0.2, 0.25) is 0 Å². The molecule has 90 valence electrons. The molecule has 2 heteroatoms. The zero-order valence-corrected chi connectivity index (χ0v) is 11.6. The van der Waals surface area contributed by atoms with Crippen molar-refractivity contribution in [3.05, 3.63) is 0 Å². The largest absolute Gasteiger partial charge is 0.130 e. The molecule has 1 spiro atoms. The van der Waals surface area contributed by atoms with Gasteiger partial charge < -0.3 is 0 Å². The lowest BCUT2D eigenvalue weighted by Crippen LogP contribution is -2.49. The Bertz CT molecular complexity index is 312. The summed E-state index contributed by atoms with van der Waals surface area (Å²) in [6, 6.07) is 0. The lowest BCUT2D eigenvalue weighted by molar-refractivity contribution is -0.0696. The van der Waals surface area contributed by atoms with Crippen LogP contribution in [0.3, 0.4) is 0 Å². The molecular formula is C14H20Cl2. The maximum atomic E-state index is 6.70. The van der Waals surface area contributed by atoms with Crippen LogP contribution in [0.4, 0.5) is 0 Å². The molecule has 5 aliphatic rings. The predicted octanol–water partition coefficient (Wildman–Crippen LogP) is 4.64. The molecule has 0 aliphatic heterocycles. The van der Waals surface area contributed by atoms with Gasteiger partial charge in [0.05, 0.1) is 0 Å². The highest BCUT2D eigenvalue weighted by molar-refractivity contribution is 6.52. The van der Waals surface area contributed by atoms with Crippen molar-refractivity contribution in [3.8, 4) is 0 Å². The molecule has 0 heterocycles. The molecule has 5 saturated carbocycles. The van der Waals surface area contributed by atoms with E-state index in [2.05, 4.69) is 13.8 Å². The van der Waals surface area contributed by atoms with E-state index in [1.54, 1.807) is 0 Å². The Labute approximate surface area is 108 Å². The van der Waals surface area contributed by atoms with E-state index >= 15 is 0 Å². The maximum absolute atomic E-state index is 6.70. The molecule has 0 saturated heterocycles. The van der Waals surface area contributed by atoms with Crippen molar-refractivity contribution >= 4 is 23.2 Å². The average molecular weight is 259 g/mol. The van der Waals surface area contributed by atoms with Crippen LogP contribution in [0.2, 0.25) is 0 Å². The fourth-order valence-electron chi connectivity index (χ4n) is 6.29. The zero-order chi connectivity index (χ0) is 11.3. The first kappa shape index (κ1) is 10.5. The van der Waals surface area contributed by atoms with Gasteiger partial charge in [0, 0.05) is 10.8 Å². The quantitative estimate of drug-likeness (QED) is 0.556. The van der Waals surface area contributed by atoms with Crippen LogP contribution < -0.4 is 0 Å². The zero-order valence-electron chi connectivity index (χ0n) is 10.1. The minimum absolute atomic E-state index is 0.145. The van der Waals surface area contributed by atoms with Gasteiger partial charge in [0.25, 0.3) is 0 Å². The van der Waals surface area contributed by atoms with Crippen LogP contribution in [-0.2, 0) is 0 Å². The first-order valence-corrected chi connectivity index (χ1v) is 7.54. The molecule has 0 atom stereocenters. The number of alkyl halides is 2. The van der Waals surface area contributed by atoms with E-state index in [1.807, 2.05) is 0 Å². The normalized spacial score (nSPS) is 59.2. The molecule has 0 aromatic carbocycles. The van der Waals surface area contributed by atoms with Crippen LogP contribution in [0.1, 0.15) is 46.0 Å². The van der Waals surface area contributed by atoms with Gasteiger partial charge in [-0.05, 0) is 55.8 Å². The molecule has 16 heavy (non-hydrogen) atoms. The Morgan fingerprint density at radius 1 is 0.812 bits per heavy atom. The summed E-state index contributed by atoms with van der Waals surface area (Å²) in [4.78, 5) is 0. The Balaban J connectivity index is 1.82. The van der Waals surface area contributed by atoms with Crippen molar-refractivity contribution < 1.29 is 0 Å². The second-order valence-corrected chi connectivity index (χ2v) is 8.70. The molecular weight excluding hydrogens is 239 g/mol. The third-order valence-corrected chi connectivity index (χ3v) is 8.27. The monoisotopic (exact) mass is 258 g/mol. The van der Waals surface area contributed by atoms with Crippen LogP contribution in [0.5, 0.6) is 0 Å². The fourth-order valence-corrected chi connectivity index (χ4v) is 7.60. The second kappa shape index (κ2) is 2.62. The highest BCUT2D eigenvalue weighted by Gasteiger charge is 2.87. The average Bonchev–Trinajstić information content (AvgIpc) is 2.49. The van der Waals surface area contributed by atoms with Crippen LogP contribution in [-0.4, -0.2) is 4.33 Å². The molecule has 0 radical (unpaired) electrons. The lowest BCUT2D eigenvalue weighted by Gasteiger charge is -2.56. The molecule has 5 aliphatic carbocycles. The highest BCUT2D eigenvalue weighted by atomic mass is 35.5. The van der Waals surface area contributed by atoms with Crippen molar-refractivity contribution in [2.24, 2.45) is 34.5 Å². The van der Waals surface area contributed by atoms with Crippen molar-refractivity contribution in [2.45, 2.75) is 50.3 Å². The first-order chi connectivity index (χ1) is 7.41. The minimum Gasteiger partial charge on any atom is -0.100 e. The van der Waals surface area contributed by atoms with Gasteiger partial charge in [0.1, 0.15) is 4.33 Å². The summed E-state index contributed by atoms with van der Waals surface area (Å²) in [5.74, 6) is 3.67. The van der Waals surface area contributed by atoms with Gasteiger partial charge in [-0.25, -0.2) is 0 Å². The number of halogens is 2. The highest BCUT2D eigenvalue weighted by Crippen LogP contribution is 2.88. The molecule has 0 amide bonds. The topological polar surface area (TPSA) is 0 Å². The summed E-state index contributed by atoms with van der Waals surface area (Å²) in [6.07, 6.45) is 7.16. The predicted molar refractivity (Wildman–Crippen MR) is 67.7 cm³/mol. The van der Waals surface area contributed by atoms with E-state index in [9.17, 15) is 0 Å². The standard InChI is InChI=1S/C14H20Cl2/c1-12(2)13(14(12,15)16)10-4-8-3-9(6-10)7-11(13)5-8/h8-11H,3-7H2,1-2H3. The van der Waals surface area contributed by atoms with E-state index in [0.717, 1.165) is 23.7 Å². The van der Waals surface area contributed by atoms with Crippen molar-refractivity contribution in [1.29, 1.82) is 0 Å². The van der Waals surface area contributed by atoms with Gasteiger partial charge >= 0.3 is 0 Å². The van der Waals surface area contributed by atoms with Crippen LogP contribution in [0.25, 0.3) is 0 Å². The molecule has 0 unspecified atom stereocenters. The molecule has 0 aromatic rings. The molecule has 4 bridgehead atoms. The molecule has 0 nitrogen and oxygen atoms in total. The van der Waals surface area contributed by atoms with Gasteiger partial charge in [-0.1, -0.05) is 13.8 Å². The van der Waals surface area contributed by atoms with Crippen LogP contribution in [0, 0.1) is 34.5 Å². The smallest absolute Gasteiger partial charge is 0.100 e. The summed E-state index contributed by atoms with van der Waals surface area (Å²) < 4.78 is -0.442. The number of rotatable bonds is 0. The minimum atomic E-state index is -0.442. The van der Waals surface area contributed by atoms with E-state index in [-0.39, 0.29) is 10.8 Å². The summed E-state index contributed by atoms with van der Waals surface area (Å²) in [5, 5.41) is 0. The van der Waals surface area contributed by atoms with E-state index in [1.165, 1.54) is 32.1 Å².